The summed E-state index contributed by atoms with van der Waals surface area (Å²) in [5.41, 5.74) is 1.07. The highest BCUT2D eigenvalue weighted by Gasteiger charge is 2.10. The molecule has 0 saturated carbocycles. The molecule has 15 heavy (non-hydrogen) atoms. The molecule has 4 heteroatoms. The molecule has 2 nitrogen and oxygen atoms in total. The third-order valence-corrected chi connectivity index (χ3v) is 2.97. The van der Waals surface area contributed by atoms with Crippen LogP contribution in [0.15, 0.2) is 24.3 Å². The Bertz CT molecular complexity index is 304. The minimum atomic E-state index is -1.33. The van der Waals surface area contributed by atoms with Crippen molar-refractivity contribution in [2.45, 2.75) is 20.8 Å². The zero-order chi connectivity index (χ0) is 11.3. The molecule has 0 amide bonds. The van der Waals surface area contributed by atoms with Gasteiger partial charge in [0.15, 0.2) is 0 Å². The molecule has 84 valence electrons. The Labute approximate surface area is 97.3 Å². The number of halogens is 1. The Morgan fingerprint density at radius 3 is 2.60 bits per heavy atom. The normalized spacial score (nSPS) is 12.9. The largest absolute Gasteiger partial charge is 0.436 e. The second kappa shape index (κ2) is 6.32. The fourth-order valence-corrected chi connectivity index (χ4v) is 2.19. The lowest BCUT2D eigenvalue weighted by Crippen LogP contribution is -1.99. The van der Waals surface area contributed by atoms with Gasteiger partial charge in [0.25, 0.3) is 0 Å². The lowest BCUT2D eigenvalue weighted by atomic mass is 10.2. The lowest BCUT2D eigenvalue weighted by molar-refractivity contribution is 0.279. The molecule has 0 radical (unpaired) electrons. The van der Waals surface area contributed by atoms with Crippen molar-refractivity contribution in [1.82, 2.24) is 0 Å². The monoisotopic (exact) mass is 246 g/mol. The lowest BCUT2D eigenvalue weighted by Gasteiger charge is -2.14. The quantitative estimate of drug-likeness (QED) is 0.712. The minimum Gasteiger partial charge on any atom is -0.436 e. The van der Waals surface area contributed by atoms with Crippen LogP contribution < -0.4 is 4.52 Å². The summed E-state index contributed by atoms with van der Waals surface area (Å²) in [5.74, 6) is 1.26. The van der Waals surface area contributed by atoms with Crippen LogP contribution in [0.25, 0.3) is 0 Å². The molecule has 0 aromatic heterocycles. The van der Waals surface area contributed by atoms with Crippen LogP contribution in [0, 0.1) is 12.8 Å². The number of hydrogen-bond donors (Lipinski definition) is 0. The van der Waals surface area contributed by atoms with Gasteiger partial charge in [-0.3, -0.25) is 0 Å². The average molecular weight is 247 g/mol. The summed E-state index contributed by atoms with van der Waals surface area (Å²) >= 11 is 5.95. The number of hydrogen-bond acceptors (Lipinski definition) is 2. The Morgan fingerprint density at radius 2 is 2.00 bits per heavy atom. The summed E-state index contributed by atoms with van der Waals surface area (Å²) in [7, 11) is -1.33. The van der Waals surface area contributed by atoms with Crippen LogP contribution in [-0.2, 0) is 4.52 Å². The highest BCUT2D eigenvalue weighted by Crippen LogP contribution is 2.45. The average Bonchev–Trinajstić information content (AvgIpc) is 2.18. The number of benzene rings is 1. The summed E-state index contributed by atoms with van der Waals surface area (Å²) in [4.78, 5) is 0. The predicted octanol–water partition coefficient (Wildman–Crippen LogP) is 4.51. The Morgan fingerprint density at radius 1 is 1.33 bits per heavy atom. The van der Waals surface area contributed by atoms with Crippen LogP contribution in [0.3, 0.4) is 0 Å². The highest BCUT2D eigenvalue weighted by molar-refractivity contribution is 7.76. The number of aryl methyl sites for hydroxylation is 1. The van der Waals surface area contributed by atoms with E-state index in [4.69, 9.17) is 20.3 Å². The molecule has 0 spiro atoms. The summed E-state index contributed by atoms with van der Waals surface area (Å²) < 4.78 is 10.9. The molecule has 0 saturated heterocycles. The van der Waals surface area contributed by atoms with Crippen LogP contribution in [0.5, 0.6) is 5.75 Å². The van der Waals surface area contributed by atoms with Gasteiger partial charge in [0.2, 0.25) is 0 Å². The predicted molar refractivity (Wildman–Crippen MR) is 65.4 cm³/mol. The molecule has 1 rings (SSSR count). The molecule has 1 aromatic carbocycles. The van der Waals surface area contributed by atoms with Crippen molar-refractivity contribution >= 4 is 19.0 Å². The molecular formula is C11H16ClO2P. The topological polar surface area (TPSA) is 18.5 Å². The van der Waals surface area contributed by atoms with E-state index in [9.17, 15) is 0 Å². The van der Waals surface area contributed by atoms with Gasteiger partial charge in [0.05, 0.1) is 6.61 Å². The Hall–Kier alpha value is -0.300. The van der Waals surface area contributed by atoms with E-state index in [2.05, 4.69) is 13.8 Å². The Balaban J connectivity index is 2.44. The van der Waals surface area contributed by atoms with Crippen LogP contribution in [-0.4, -0.2) is 6.61 Å². The van der Waals surface area contributed by atoms with Gasteiger partial charge in [-0.1, -0.05) is 32.0 Å². The second-order valence-corrected chi connectivity index (χ2v) is 5.45. The summed E-state index contributed by atoms with van der Waals surface area (Å²) in [6, 6.07) is 7.77. The molecule has 0 aliphatic rings. The molecule has 1 aromatic rings. The molecule has 0 fully saturated rings. The zero-order valence-corrected chi connectivity index (χ0v) is 10.9. The summed E-state index contributed by atoms with van der Waals surface area (Å²) in [6.07, 6.45) is 0. The number of para-hydroxylation sites is 1. The summed E-state index contributed by atoms with van der Waals surface area (Å²) in [5, 5.41) is 0. The van der Waals surface area contributed by atoms with E-state index in [1.54, 1.807) is 0 Å². The maximum Gasteiger partial charge on any atom is 0.338 e. The third-order valence-electron chi connectivity index (χ3n) is 1.77. The highest BCUT2D eigenvalue weighted by atomic mass is 35.7. The van der Waals surface area contributed by atoms with E-state index in [1.807, 2.05) is 31.2 Å². The molecule has 0 aliphatic carbocycles. The number of rotatable bonds is 5. The first-order chi connectivity index (χ1) is 7.09. The van der Waals surface area contributed by atoms with Crippen molar-refractivity contribution in [2.24, 2.45) is 5.92 Å². The van der Waals surface area contributed by atoms with Crippen LogP contribution in [0.2, 0.25) is 0 Å². The molecule has 1 atom stereocenters. The maximum atomic E-state index is 5.95. The fraction of sp³-hybridized carbons (Fsp3) is 0.455. The van der Waals surface area contributed by atoms with E-state index >= 15 is 0 Å². The van der Waals surface area contributed by atoms with Crippen molar-refractivity contribution in [2.75, 3.05) is 6.61 Å². The van der Waals surface area contributed by atoms with Crippen molar-refractivity contribution in [3.8, 4) is 5.75 Å². The SMILES string of the molecule is Cc1ccccc1OP(Cl)OCC(C)C. The van der Waals surface area contributed by atoms with E-state index in [0.717, 1.165) is 11.3 Å². The molecule has 0 heterocycles. The second-order valence-electron chi connectivity index (χ2n) is 3.76. The molecule has 0 N–H and O–H groups in total. The zero-order valence-electron chi connectivity index (χ0n) is 9.24. The third kappa shape index (κ3) is 4.83. The Kier molecular flexibility index (Phi) is 5.38. The first-order valence-corrected chi connectivity index (χ1v) is 7.00. The summed E-state index contributed by atoms with van der Waals surface area (Å²) in [6.45, 7) is 6.76. The van der Waals surface area contributed by atoms with Crippen molar-refractivity contribution in [3.05, 3.63) is 29.8 Å². The van der Waals surface area contributed by atoms with Crippen LogP contribution in [0.1, 0.15) is 19.4 Å². The van der Waals surface area contributed by atoms with Gasteiger partial charge < -0.3 is 9.05 Å². The van der Waals surface area contributed by atoms with Gasteiger partial charge in [0, 0.05) is 0 Å². The van der Waals surface area contributed by atoms with Gasteiger partial charge in [0.1, 0.15) is 5.75 Å². The molecule has 1 unspecified atom stereocenters. The van der Waals surface area contributed by atoms with Crippen LogP contribution >= 0.6 is 19.0 Å². The van der Waals surface area contributed by atoms with Crippen molar-refractivity contribution in [3.63, 3.8) is 0 Å². The van der Waals surface area contributed by atoms with Gasteiger partial charge in [-0.2, -0.15) is 0 Å². The smallest absolute Gasteiger partial charge is 0.338 e. The van der Waals surface area contributed by atoms with Gasteiger partial charge in [-0.15, -0.1) is 0 Å². The standard InChI is InChI=1S/C11H16ClO2P/c1-9(2)8-13-15(12)14-11-7-5-4-6-10(11)3/h4-7,9H,8H2,1-3H3. The van der Waals surface area contributed by atoms with Crippen molar-refractivity contribution in [1.29, 1.82) is 0 Å². The molecule has 0 bridgehead atoms. The first-order valence-electron chi connectivity index (χ1n) is 4.92. The molecule has 0 aliphatic heterocycles. The van der Waals surface area contributed by atoms with E-state index in [1.165, 1.54) is 0 Å². The van der Waals surface area contributed by atoms with E-state index in [-0.39, 0.29) is 0 Å². The van der Waals surface area contributed by atoms with Crippen molar-refractivity contribution < 1.29 is 9.05 Å². The van der Waals surface area contributed by atoms with Gasteiger partial charge >= 0.3 is 7.73 Å². The van der Waals surface area contributed by atoms with Gasteiger partial charge in [-0.25, -0.2) is 0 Å². The van der Waals surface area contributed by atoms with E-state index in [0.29, 0.717) is 12.5 Å². The first kappa shape index (κ1) is 12.8. The minimum absolute atomic E-state index is 0.467. The fourth-order valence-electron chi connectivity index (χ4n) is 0.970. The van der Waals surface area contributed by atoms with E-state index < -0.39 is 7.73 Å². The molecular weight excluding hydrogens is 231 g/mol. The van der Waals surface area contributed by atoms with Gasteiger partial charge in [-0.05, 0) is 35.7 Å². The maximum absolute atomic E-state index is 5.95. The van der Waals surface area contributed by atoms with Crippen LogP contribution in [0.4, 0.5) is 0 Å².